The number of rotatable bonds is 4. The summed E-state index contributed by atoms with van der Waals surface area (Å²) in [5, 5.41) is 0. The Morgan fingerprint density at radius 3 is 3.00 bits per heavy atom. The highest BCUT2D eigenvalue weighted by Crippen LogP contribution is 2.12. The molecule has 0 radical (unpaired) electrons. The van der Waals surface area contributed by atoms with E-state index in [1.807, 2.05) is 24.3 Å². The molecule has 0 aliphatic rings. The van der Waals surface area contributed by atoms with Crippen molar-refractivity contribution in [1.82, 2.24) is 0 Å². The number of hydrogen-bond acceptors (Lipinski definition) is 2. The molecule has 0 aliphatic carbocycles. The van der Waals surface area contributed by atoms with Crippen LogP contribution in [0, 0.1) is 11.8 Å². The van der Waals surface area contributed by atoms with Gasteiger partial charge in [-0.3, -0.25) is 4.39 Å². The fraction of sp³-hybridized carbons (Fsp3) is 0.333. The second kappa shape index (κ2) is 6.86. The van der Waals surface area contributed by atoms with Crippen molar-refractivity contribution >= 4 is 0 Å². The van der Waals surface area contributed by atoms with Crippen LogP contribution in [-0.4, -0.2) is 19.8 Å². The molecule has 2 N–H and O–H groups in total. The highest BCUT2D eigenvalue weighted by atomic mass is 19.1. The lowest BCUT2D eigenvalue weighted by molar-refractivity contribution is 0.289. The maximum atomic E-state index is 11.8. The molecule has 1 aromatic carbocycles. The van der Waals surface area contributed by atoms with Crippen LogP contribution in [0.3, 0.4) is 0 Å². The molecule has 0 spiro atoms. The lowest BCUT2D eigenvalue weighted by Gasteiger charge is -2.04. The molecule has 0 fully saturated rings. The standard InChI is InChI=1S/C12H14FNO/c13-7-3-9-15-12-6-1-4-11(10-12)5-2-8-14/h1,4,6,10H,3,7-9,14H2. The van der Waals surface area contributed by atoms with E-state index in [2.05, 4.69) is 11.8 Å². The van der Waals surface area contributed by atoms with Gasteiger partial charge in [-0.2, -0.15) is 0 Å². The quantitative estimate of drug-likeness (QED) is 0.603. The normalized spacial score (nSPS) is 9.20. The van der Waals surface area contributed by atoms with E-state index in [-0.39, 0.29) is 6.67 Å². The van der Waals surface area contributed by atoms with Crippen molar-refractivity contribution in [2.24, 2.45) is 5.73 Å². The minimum absolute atomic E-state index is 0.340. The first kappa shape index (κ1) is 11.5. The van der Waals surface area contributed by atoms with Crippen LogP contribution in [0.1, 0.15) is 12.0 Å². The Bertz CT molecular complexity index is 354. The fourth-order valence-corrected chi connectivity index (χ4v) is 1.06. The summed E-state index contributed by atoms with van der Waals surface area (Å²) in [6.45, 7) is 0.379. The van der Waals surface area contributed by atoms with Crippen LogP contribution in [0.5, 0.6) is 5.75 Å². The third kappa shape index (κ3) is 4.48. The van der Waals surface area contributed by atoms with Gasteiger partial charge < -0.3 is 10.5 Å². The van der Waals surface area contributed by atoms with Crippen LogP contribution in [0.15, 0.2) is 24.3 Å². The molecule has 0 unspecified atom stereocenters. The highest BCUT2D eigenvalue weighted by molar-refractivity contribution is 5.39. The molecule has 0 saturated heterocycles. The lowest BCUT2D eigenvalue weighted by Crippen LogP contribution is -1.98. The van der Waals surface area contributed by atoms with E-state index in [0.29, 0.717) is 25.3 Å². The van der Waals surface area contributed by atoms with Gasteiger partial charge in [-0.05, 0) is 18.2 Å². The Morgan fingerprint density at radius 2 is 2.27 bits per heavy atom. The Balaban J connectivity index is 2.57. The molecule has 2 nitrogen and oxygen atoms in total. The minimum Gasteiger partial charge on any atom is -0.493 e. The van der Waals surface area contributed by atoms with Crippen LogP contribution < -0.4 is 10.5 Å². The average molecular weight is 207 g/mol. The number of nitrogens with two attached hydrogens (primary N) is 1. The molecule has 1 rings (SSSR count). The number of hydrogen-bond donors (Lipinski definition) is 1. The molecule has 0 bridgehead atoms. The Labute approximate surface area is 89.2 Å². The maximum Gasteiger partial charge on any atom is 0.120 e. The fourth-order valence-electron chi connectivity index (χ4n) is 1.06. The van der Waals surface area contributed by atoms with E-state index in [1.165, 1.54) is 0 Å². The zero-order valence-corrected chi connectivity index (χ0v) is 8.50. The molecule has 1 aromatic rings. The summed E-state index contributed by atoms with van der Waals surface area (Å²) in [6.07, 6.45) is 0.415. The van der Waals surface area contributed by atoms with Crippen molar-refractivity contribution in [3.63, 3.8) is 0 Å². The van der Waals surface area contributed by atoms with Gasteiger partial charge in [0.15, 0.2) is 0 Å². The van der Waals surface area contributed by atoms with Gasteiger partial charge in [0.1, 0.15) is 5.75 Å². The van der Waals surface area contributed by atoms with Crippen molar-refractivity contribution in [2.45, 2.75) is 6.42 Å². The smallest absolute Gasteiger partial charge is 0.120 e. The molecule has 0 aliphatic heterocycles. The summed E-state index contributed by atoms with van der Waals surface area (Å²) in [7, 11) is 0. The zero-order chi connectivity index (χ0) is 10.9. The van der Waals surface area contributed by atoms with Gasteiger partial charge in [0.05, 0.1) is 19.8 Å². The zero-order valence-electron chi connectivity index (χ0n) is 8.50. The van der Waals surface area contributed by atoms with Crippen LogP contribution in [0.2, 0.25) is 0 Å². The van der Waals surface area contributed by atoms with Crippen molar-refractivity contribution in [2.75, 3.05) is 19.8 Å². The predicted octanol–water partition coefficient (Wildman–Crippen LogP) is 1.74. The molecule has 0 aromatic heterocycles. The molecule has 80 valence electrons. The van der Waals surface area contributed by atoms with Gasteiger partial charge >= 0.3 is 0 Å². The van der Waals surface area contributed by atoms with Crippen LogP contribution in [0.25, 0.3) is 0 Å². The van der Waals surface area contributed by atoms with E-state index in [9.17, 15) is 4.39 Å². The van der Waals surface area contributed by atoms with E-state index >= 15 is 0 Å². The van der Waals surface area contributed by atoms with Crippen molar-refractivity contribution < 1.29 is 9.13 Å². The second-order valence-electron chi connectivity index (χ2n) is 2.92. The third-order valence-electron chi connectivity index (χ3n) is 1.72. The minimum atomic E-state index is -0.354. The number of benzene rings is 1. The van der Waals surface area contributed by atoms with E-state index in [1.54, 1.807) is 0 Å². The molecule has 0 atom stereocenters. The first-order valence-corrected chi connectivity index (χ1v) is 4.84. The van der Waals surface area contributed by atoms with Gasteiger partial charge in [-0.25, -0.2) is 0 Å². The first-order valence-electron chi connectivity index (χ1n) is 4.84. The Kier molecular flexibility index (Phi) is 5.28. The third-order valence-corrected chi connectivity index (χ3v) is 1.72. The Morgan fingerprint density at radius 1 is 1.40 bits per heavy atom. The molecular formula is C12H14FNO. The molecule has 3 heteroatoms. The summed E-state index contributed by atoms with van der Waals surface area (Å²) in [5.41, 5.74) is 6.13. The van der Waals surface area contributed by atoms with Crippen LogP contribution >= 0.6 is 0 Å². The van der Waals surface area contributed by atoms with Gasteiger partial charge in [0.2, 0.25) is 0 Å². The SMILES string of the molecule is NCC#Cc1cccc(OCCCF)c1. The monoisotopic (exact) mass is 207 g/mol. The van der Waals surface area contributed by atoms with E-state index in [4.69, 9.17) is 10.5 Å². The summed E-state index contributed by atoms with van der Waals surface area (Å²) in [5.74, 6) is 6.38. The van der Waals surface area contributed by atoms with Crippen molar-refractivity contribution in [1.29, 1.82) is 0 Å². The summed E-state index contributed by atoms with van der Waals surface area (Å²) >= 11 is 0. The lowest BCUT2D eigenvalue weighted by atomic mass is 10.2. The maximum absolute atomic E-state index is 11.8. The number of alkyl halides is 1. The van der Waals surface area contributed by atoms with Crippen LogP contribution in [0.4, 0.5) is 4.39 Å². The van der Waals surface area contributed by atoms with Gasteiger partial charge in [-0.15, -0.1) is 0 Å². The van der Waals surface area contributed by atoms with E-state index < -0.39 is 0 Å². The Hall–Kier alpha value is -1.53. The van der Waals surface area contributed by atoms with Crippen molar-refractivity contribution in [3.8, 4) is 17.6 Å². The topological polar surface area (TPSA) is 35.2 Å². The first-order chi connectivity index (χ1) is 7.36. The molecular weight excluding hydrogens is 193 g/mol. The highest BCUT2D eigenvalue weighted by Gasteiger charge is 1.94. The molecule has 0 amide bonds. The molecule has 0 saturated carbocycles. The van der Waals surface area contributed by atoms with Gasteiger partial charge in [-0.1, -0.05) is 17.9 Å². The van der Waals surface area contributed by atoms with E-state index in [0.717, 1.165) is 5.56 Å². The van der Waals surface area contributed by atoms with Gasteiger partial charge in [0.25, 0.3) is 0 Å². The number of ether oxygens (including phenoxy) is 1. The molecule has 0 heterocycles. The largest absolute Gasteiger partial charge is 0.493 e. The predicted molar refractivity (Wildman–Crippen MR) is 58.5 cm³/mol. The average Bonchev–Trinajstić information content (AvgIpc) is 2.27. The second-order valence-corrected chi connectivity index (χ2v) is 2.92. The molecule has 15 heavy (non-hydrogen) atoms. The summed E-state index contributed by atoms with van der Waals surface area (Å²) in [6, 6.07) is 7.38. The summed E-state index contributed by atoms with van der Waals surface area (Å²) < 4.78 is 17.2. The van der Waals surface area contributed by atoms with Crippen LogP contribution in [-0.2, 0) is 0 Å². The van der Waals surface area contributed by atoms with Crippen molar-refractivity contribution in [3.05, 3.63) is 29.8 Å². The number of halogens is 1. The summed E-state index contributed by atoms with van der Waals surface area (Å²) in [4.78, 5) is 0. The van der Waals surface area contributed by atoms with Gasteiger partial charge in [0, 0.05) is 12.0 Å².